The van der Waals surface area contributed by atoms with E-state index in [4.69, 9.17) is 4.74 Å². The van der Waals surface area contributed by atoms with Gasteiger partial charge < -0.3 is 19.4 Å². The average Bonchev–Trinajstić information content (AvgIpc) is 3.50. The fraction of sp³-hybridized carbons (Fsp3) is 0.423. The van der Waals surface area contributed by atoms with E-state index in [1.165, 1.54) is 6.42 Å². The largest absolute Gasteiger partial charge is 0.487 e. The first-order chi connectivity index (χ1) is 16.2. The molecule has 1 saturated heterocycles. The second-order valence-electron chi connectivity index (χ2n) is 9.03. The number of nitrogens with zero attached hydrogens (tertiary/aromatic N) is 3. The highest BCUT2D eigenvalue weighted by atomic mass is 16.5. The fourth-order valence-corrected chi connectivity index (χ4v) is 4.99. The molecule has 2 aromatic heterocycles. The normalized spacial score (nSPS) is 19.0. The van der Waals surface area contributed by atoms with Crippen LogP contribution in [0.1, 0.15) is 50.6 Å². The van der Waals surface area contributed by atoms with Crippen LogP contribution >= 0.6 is 0 Å². The van der Waals surface area contributed by atoms with Crippen LogP contribution in [0.5, 0.6) is 5.75 Å². The highest BCUT2D eigenvalue weighted by Crippen LogP contribution is 2.29. The Morgan fingerprint density at radius 2 is 1.91 bits per heavy atom. The van der Waals surface area contributed by atoms with Gasteiger partial charge in [-0.1, -0.05) is 31.4 Å². The molecule has 1 unspecified atom stereocenters. The van der Waals surface area contributed by atoms with Crippen LogP contribution in [0.25, 0.3) is 5.65 Å². The maximum absolute atomic E-state index is 13.0. The molecule has 5 rings (SSSR count). The van der Waals surface area contributed by atoms with Gasteiger partial charge in [-0.2, -0.15) is 0 Å². The molecule has 2 amide bonds. The fourth-order valence-electron chi connectivity index (χ4n) is 4.99. The van der Waals surface area contributed by atoms with Crippen molar-refractivity contribution in [3.63, 3.8) is 0 Å². The molecule has 3 heterocycles. The number of imidazole rings is 1. The van der Waals surface area contributed by atoms with Crippen LogP contribution in [0, 0.1) is 5.92 Å². The number of carbonyl (C=O) groups excluding carboxylic acids is 2. The quantitative estimate of drug-likeness (QED) is 0.608. The molecule has 7 heteroatoms. The molecule has 0 bridgehead atoms. The number of aromatic nitrogens is 2. The molecule has 7 nitrogen and oxygen atoms in total. The van der Waals surface area contributed by atoms with Gasteiger partial charge in [0.25, 0.3) is 0 Å². The van der Waals surface area contributed by atoms with Gasteiger partial charge in [0.1, 0.15) is 24.0 Å². The zero-order chi connectivity index (χ0) is 22.6. The molecule has 1 aliphatic heterocycles. The van der Waals surface area contributed by atoms with Crippen LogP contribution in [-0.4, -0.2) is 38.7 Å². The third-order valence-electron chi connectivity index (χ3n) is 6.70. The zero-order valence-electron chi connectivity index (χ0n) is 18.8. The molecule has 1 aliphatic carbocycles. The Labute approximate surface area is 193 Å². The summed E-state index contributed by atoms with van der Waals surface area (Å²) in [6.07, 6.45) is 10.8. The second kappa shape index (κ2) is 9.65. The van der Waals surface area contributed by atoms with E-state index in [-0.39, 0.29) is 23.8 Å². The smallest absolute Gasteiger partial charge is 0.247 e. The summed E-state index contributed by atoms with van der Waals surface area (Å²) in [5, 5.41) is 3.00. The van der Waals surface area contributed by atoms with E-state index in [2.05, 4.69) is 10.3 Å². The van der Waals surface area contributed by atoms with Crippen LogP contribution in [0.3, 0.4) is 0 Å². The lowest BCUT2D eigenvalue weighted by Gasteiger charge is -2.30. The van der Waals surface area contributed by atoms with E-state index in [1.807, 2.05) is 64.2 Å². The second-order valence-corrected chi connectivity index (χ2v) is 9.03. The monoisotopic (exact) mass is 446 g/mol. The van der Waals surface area contributed by atoms with E-state index in [0.717, 1.165) is 43.4 Å². The highest BCUT2D eigenvalue weighted by Gasteiger charge is 2.37. The Balaban J connectivity index is 1.20. The van der Waals surface area contributed by atoms with Crippen LogP contribution in [0.2, 0.25) is 0 Å². The predicted molar refractivity (Wildman–Crippen MR) is 126 cm³/mol. The van der Waals surface area contributed by atoms with Gasteiger partial charge in [0, 0.05) is 36.6 Å². The lowest BCUT2D eigenvalue weighted by atomic mass is 9.88. The van der Waals surface area contributed by atoms with Crippen molar-refractivity contribution < 1.29 is 14.3 Å². The van der Waals surface area contributed by atoms with Gasteiger partial charge in [-0.15, -0.1) is 0 Å². The first-order valence-corrected chi connectivity index (χ1v) is 11.9. The van der Waals surface area contributed by atoms with Crippen molar-refractivity contribution in [1.29, 1.82) is 0 Å². The van der Waals surface area contributed by atoms with E-state index in [1.54, 1.807) is 0 Å². The maximum Gasteiger partial charge on any atom is 0.247 e. The first kappa shape index (κ1) is 21.5. The number of benzene rings is 1. The molecule has 0 radical (unpaired) electrons. The van der Waals surface area contributed by atoms with Gasteiger partial charge in [-0.05, 0) is 49.9 Å². The molecule has 2 fully saturated rings. The Kier molecular flexibility index (Phi) is 6.28. The maximum atomic E-state index is 13.0. The van der Waals surface area contributed by atoms with E-state index >= 15 is 0 Å². The molecule has 1 aromatic carbocycles. The third kappa shape index (κ3) is 4.87. The van der Waals surface area contributed by atoms with Crippen molar-refractivity contribution in [2.75, 3.05) is 11.9 Å². The Bertz CT molecular complexity index is 1100. The van der Waals surface area contributed by atoms with Crippen molar-refractivity contribution in [3.8, 4) is 5.75 Å². The van der Waals surface area contributed by atoms with Gasteiger partial charge in [-0.25, -0.2) is 4.98 Å². The van der Waals surface area contributed by atoms with Gasteiger partial charge in [0.05, 0.1) is 5.69 Å². The van der Waals surface area contributed by atoms with Crippen LogP contribution < -0.4 is 10.1 Å². The Morgan fingerprint density at radius 1 is 1.03 bits per heavy atom. The number of hydrogen-bond donors (Lipinski definition) is 1. The standard InChI is InChI=1S/C26H30N4O3/c31-25(23-12-7-15-30(23)26(32)19-8-2-1-3-9-19)28-20-10-6-11-22(16-20)33-18-21-17-29-14-5-4-13-24(29)27-21/h4-6,10-11,13-14,16-17,19,23H,1-3,7-9,12,15,18H2,(H,28,31). The van der Waals surface area contributed by atoms with Gasteiger partial charge in [-0.3, -0.25) is 9.59 Å². The van der Waals surface area contributed by atoms with E-state index < -0.39 is 0 Å². The van der Waals surface area contributed by atoms with Crippen molar-refractivity contribution in [1.82, 2.24) is 14.3 Å². The molecule has 3 aromatic rings. The van der Waals surface area contributed by atoms with E-state index in [0.29, 0.717) is 31.0 Å². The summed E-state index contributed by atoms with van der Waals surface area (Å²) in [5.74, 6) is 0.793. The number of fused-ring (bicyclic) bond motifs is 1. The SMILES string of the molecule is O=C(Nc1cccc(OCc2cn3ccccc3n2)c1)C1CCCN1C(=O)C1CCCCC1. The number of rotatable bonds is 6. The van der Waals surface area contributed by atoms with Crippen molar-refractivity contribution in [3.05, 3.63) is 60.6 Å². The zero-order valence-corrected chi connectivity index (χ0v) is 18.8. The molecular formula is C26H30N4O3. The van der Waals surface area contributed by atoms with Crippen LogP contribution in [0.4, 0.5) is 5.69 Å². The topological polar surface area (TPSA) is 75.9 Å². The summed E-state index contributed by atoms with van der Waals surface area (Å²) in [7, 11) is 0. The summed E-state index contributed by atoms with van der Waals surface area (Å²) < 4.78 is 7.87. The lowest BCUT2D eigenvalue weighted by molar-refractivity contribution is -0.141. The van der Waals surface area contributed by atoms with Gasteiger partial charge >= 0.3 is 0 Å². The molecule has 1 saturated carbocycles. The number of ether oxygens (including phenoxy) is 1. The average molecular weight is 447 g/mol. The Morgan fingerprint density at radius 3 is 2.76 bits per heavy atom. The van der Waals surface area contributed by atoms with Gasteiger partial charge in [0.15, 0.2) is 0 Å². The first-order valence-electron chi connectivity index (χ1n) is 11.9. The minimum Gasteiger partial charge on any atom is -0.487 e. The van der Waals surface area contributed by atoms with Crippen molar-refractivity contribution >= 4 is 23.1 Å². The number of hydrogen-bond acceptors (Lipinski definition) is 4. The van der Waals surface area contributed by atoms with Gasteiger partial charge in [0.2, 0.25) is 11.8 Å². The minimum absolute atomic E-state index is 0.0866. The molecule has 33 heavy (non-hydrogen) atoms. The molecule has 1 N–H and O–H groups in total. The highest BCUT2D eigenvalue weighted by molar-refractivity contribution is 5.98. The summed E-state index contributed by atoms with van der Waals surface area (Å²) in [6, 6.07) is 12.8. The number of amides is 2. The molecule has 172 valence electrons. The summed E-state index contributed by atoms with van der Waals surface area (Å²) >= 11 is 0. The summed E-state index contributed by atoms with van der Waals surface area (Å²) in [6.45, 7) is 1.01. The van der Waals surface area contributed by atoms with Crippen LogP contribution in [0.15, 0.2) is 54.9 Å². The van der Waals surface area contributed by atoms with Crippen molar-refractivity contribution in [2.45, 2.75) is 57.6 Å². The number of pyridine rings is 1. The predicted octanol–water partition coefficient (Wildman–Crippen LogP) is 4.42. The summed E-state index contributed by atoms with van der Waals surface area (Å²) in [5.41, 5.74) is 2.38. The number of carbonyl (C=O) groups is 2. The lowest BCUT2D eigenvalue weighted by Crippen LogP contribution is -2.46. The van der Waals surface area contributed by atoms with Crippen LogP contribution in [-0.2, 0) is 16.2 Å². The molecule has 0 spiro atoms. The molecule has 1 atom stereocenters. The molecule has 2 aliphatic rings. The number of anilines is 1. The number of likely N-dealkylation sites (tertiary alicyclic amines) is 1. The number of nitrogens with one attached hydrogen (secondary N) is 1. The molecular weight excluding hydrogens is 416 g/mol. The van der Waals surface area contributed by atoms with E-state index in [9.17, 15) is 9.59 Å². The Hall–Kier alpha value is -3.35. The third-order valence-corrected chi connectivity index (χ3v) is 6.70. The summed E-state index contributed by atoms with van der Waals surface area (Å²) in [4.78, 5) is 32.4. The van der Waals surface area contributed by atoms with Crippen molar-refractivity contribution in [2.24, 2.45) is 5.92 Å². The minimum atomic E-state index is -0.387.